The first-order chi connectivity index (χ1) is 11.0. The Morgan fingerprint density at radius 3 is 2.65 bits per heavy atom. The fraction of sp³-hybridized carbons (Fsp3) is 0. The van der Waals surface area contributed by atoms with Crippen molar-refractivity contribution < 1.29 is 9.53 Å². The number of pyridine rings is 1. The molecule has 3 aromatic rings. The van der Waals surface area contributed by atoms with E-state index in [0.717, 1.165) is 0 Å². The lowest BCUT2D eigenvalue weighted by molar-refractivity contribution is 0.215. The Morgan fingerprint density at radius 2 is 1.87 bits per heavy atom. The number of anilines is 1. The van der Waals surface area contributed by atoms with E-state index in [1.54, 1.807) is 42.6 Å². The fourth-order valence-electron chi connectivity index (χ4n) is 2.05. The number of benzene rings is 2. The smallest absolute Gasteiger partial charge is 0.406 e. The Hall–Kier alpha value is -2.01. The van der Waals surface area contributed by atoms with Crippen LogP contribution in [-0.2, 0) is 0 Å². The zero-order chi connectivity index (χ0) is 16.4. The van der Waals surface area contributed by atoms with Crippen molar-refractivity contribution in [1.29, 1.82) is 0 Å². The van der Waals surface area contributed by atoms with Gasteiger partial charge in [-0.3, -0.25) is 10.3 Å². The molecule has 116 valence electrons. The number of rotatable bonds is 2. The second-order valence-corrected chi connectivity index (χ2v) is 5.84. The van der Waals surface area contributed by atoms with Crippen LogP contribution >= 0.6 is 34.8 Å². The number of amides is 1. The van der Waals surface area contributed by atoms with Crippen molar-refractivity contribution >= 4 is 57.5 Å². The molecule has 4 nitrogen and oxygen atoms in total. The van der Waals surface area contributed by atoms with E-state index in [1.807, 2.05) is 0 Å². The van der Waals surface area contributed by atoms with E-state index in [2.05, 4.69) is 10.3 Å². The molecule has 0 aliphatic rings. The van der Waals surface area contributed by atoms with Gasteiger partial charge in [-0.15, -0.1) is 0 Å². The third-order valence-electron chi connectivity index (χ3n) is 3.02. The standard InChI is InChI=1S/C16H9Cl3N2O2/c17-9-3-1-4-10(7-9)21-16(22)23-15-13(19)8-12(18)11-5-2-6-20-14(11)15/h1-8H,(H,21,22). The quantitative estimate of drug-likeness (QED) is 0.622. The van der Waals surface area contributed by atoms with Crippen molar-refractivity contribution in [3.8, 4) is 5.75 Å². The minimum atomic E-state index is -0.705. The molecule has 0 spiro atoms. The molecule has 0 aliphatic carbocycles. The average molecular weight is 368 g/mol. The van der Waals surface area contributed by atoms with Crippen LogP contribution in [0.25, 0.3) is 10.9 Å². The Labute approximate surface area is 146 Å². The SMILES string of the molecule is O=C(Nc1cccc(Cl)c1)Oc1c(Cl)cc(Cl)c2cccnc12. The molecule has 2 aromatic carbocycles. The minimum Gasteiger partial charge on any atom is -0.406 e. The number of nitrogens with one attached hydrogen (secondary N) is 1. The number of nitrogens with zero attached hydrogens (tertiary/aromatic N) is 1. The maximum Gasteiger partial charge on any atom is 0.417 e. The summed E-state index contributed by atoms with van der Waals surface area (Å²) in [5.74, 6) is 0.145. The third kappa shape index (κ3) is 3.50. The molecule has 7 heteroatoms. The summed E-state index contributed by atoms with van der Waals surface area (Å²) >= 11 is 18.1. The van der Waals surface area contributed by atoms with Gasteiger partial charge < -0.3 is 4.74 Å². The summed E-state index contributed by atoms with van der Waals surface area (Å²) in [7, 11) is 0. The number of hydrogen-bond donors (Lipinski definition) is 1. The normalized spacial score (nSPS) is 10.6. The van der Waals surface area contributed by atoms with Crippen molar-refractivity contribution in [2.24, 2.45) is 0 Å². The van der Waals surface area contributed by atoms with Crippen LogP contribution in [0.15, 0.2) is 48.7 Å². The highest BCUT2D eigenvalue weighted by atomic mass is 35.5. The highest BCUT2D eigenvalue weighted by Crippen LogP contribution is 2.37. The Kier molecular flexibility index (Phi) is 4.57. The monoisotopic (exact) mass is 366 g/mol. The van der Waals surface area contributed by atoms with Crippen molar-refractivity contribution in [2.75, 3.05) is 5.32 Å². The first-order valence-electron chi connectivity index (χ1n) is 6.52. The predicted molar refractivity (Wildman–Crippen MR) is 92.9 cm³/mol. The van der Waals surface area contributed by atoms with E-state index in [-0.39, 0.29) is 10.8 Å². The predicted octanol–water partition coefficient (Wildman–Crippen LogP) is 5.81. The number of fused-ring (bicyclic) bond motifs is 1. The summed E-state index contributed by atoms with van der Waals surface area (Å²) in [5, 5.41) is 4.34. The second-order valence-electron chi connectivity index (χ2n) is 4.59. The molecule has 0 fully saturated rings. The number of aromatic nitrogens is 1. The second kappa shape index (κ2) is 6.62. The first-order valence-corrected chi connectivity index (χ1v) is 7.65. The van der Waals surface area contributed by atoms with E-state index < -0.39 is 6.09 Å². The van der Waals surface area contributed by atoms with Gasteiger partial charge in [0.05, 0.1) is 10.0 Å². The van der Waals surface area contributed by atoms with Gasteiger partial charge in [-0.05, 0) is 36.4 Å². The number of ether oxygens (including phenoxy) is 1. The van der Waals surface area contributed by atoms with Gasteiger partial charge in [0.2, 0.25) is 0 Å². The van der Waals surface area contributed by atoms with E-state index >= 15 is 0 Å². The molecule has 1 amide bonds. The molecule has 1 aromatic heterocycles. The topological polar surface area (TPSA) is 51.2 Å². The molecular formula is C16H9Cl3N2O2. The molecule has 1 N–H and O–H groups in total. The minimum absolute atomic E-state index is 0.145. The van der Waals surface area contributed by atoms with Crippen molar-refractivity contribution in [3.63, 3.8) is 0 Å². The zero-order valence-electron chi connectivity index (χ0n) is 11.5. The molecule has 0 saturated heterocycles. The summed E-state index contributed by atoms with van der Waals surface area (Å²) in [5.41, 5.74) is 0.913. The lowest BCUT2D eigenvalue weighted by Crippen LogP contribution is -2.17. The van der Waals surface area contributed by atoms with Crippen LogP contribution in [-0.4, -0.2) is 11.1 Å². The third-order valence-corrected chi connectivity index (χ3v) is 3.84. The van der Waals surface area contributed by atoms with Gasteiger partial charge in [0.15, 0.2) is 5.75 Å². The molecule has 0 saturated carbocycles. The van der Waals surface area contributed by atoms with Gasteiger partial charge in [0.25, 0.3) is 0 Å². The fourth-order valence-corrected chi connectivity index (χ4v) is 2.79. The van der Waals surface area contributed by atoms with Crippen LogP contribution in [0.1, 0.15) is 0 Å². The molecular weight excluding hydrogens is 359 g/mol. The Bertz CT molecular complexity index is 900. The molecule has 0 unspecified atom stereocenters. The number of carbonyl (C=O) groups is 1. The summed E-state index contributed by atoms with van der Waals surface area (Å²) in [4.78, 5) is 16.3. The van der Waals surface area contributed by atoms with Crippen LogP contribution in [0.5, 0.6) is 5.75 Å². The van der Waals surface area contributed by atoms with Crippen LogP contribution in [0.2, 0.25) is 15.1 Å². The van der Waals surface area contributed by atoms with Crippen LogP contribution in [0, 0.1) is 0 Å². The molecule has 0 bridgehead atoms. The summed E-state index contributed by atoms with van der Waals surface area (Å²) in [6.07, 6.45) is 0.861. The van der Waals surface area contributed by atoms with Crippen LogP contribution in [0.3, 0.4) is 0 Å². The molecule has 0 radical (unpaired) electrons. The van der Waals surface area contributed by atoms with Gasteiger partial charge in [-0.1, -0.05) is 40.9 Å². The molecule has 1 heterocycles. The van der Waals surface area contributed by atoms with Crippen molar-refractivity contribution in [2.45, 2.75) is 0 Å². The molecule has 0 aliphatic heterocycles. The van der Waals surface area contributed by atoms with Crippen LogP contribution < -0.4 is 10.1 Å². The highest BCUT2D eigenvalue weighted by Gasteiger charge is 2.16. The van der Waals surface area contributed by atoms with Crippen molar-refractivity contribution in [3.05, 3.63) is 63.7 Å². The van der Waals surface area contributed by atoms with Gasteiger partial charge in [0, 0.05) is 22.3 Å². The van der Waals surface area contributed by atoms with E-state index in [1.165, 1.54) is 6.07 Å². The molecule has 3 rings (SSSR count). The lowest BCUT2D eigenvalue weighted by Gasteiger charge is -2.11. The summed E-state index contributed by atoms with van der Waals surface area (Å²) in [6.45, 7) is 0. The average Bonchev–Trinajstić information content (AvgIpc) is 2.51. The van der Waals surface area contributed by atoms with Gasteiger partial charge in [0.1, 0.15) is 5.52 Å². The molecule has 0 atom stereocenters. The number of carbonyl (C=O) groups excluding carboxylic acids is 1. The largest absolute Gasteiger partial charge is 0.417 e. The van der Waals surface area contributed by atoms with E-state index in [9.17, 15) is 4.79 Å². The zero-order valence-corrected chi connectivity index (χ0v) is 13.8. The Morgan fingerprint density at radius 1 is 1.04 bits per heavy atom. The van der Waals surface area contributed by atoms with E-state index in [0.29, 0.717) is 26.6 Å². The summed E-state index contributed by atoms with van der Waals surface area (Å²) in [6, 6.07) is 11.7. The lowest BCUT2D eigenvalue weighted by atomic mass is 10.2. The van der Waals surface area contributed by atoms with Gasteiger partial charge in [-0.25, -0.2) is 4.79 Å². The van der Waals surface area contributed by atoms with Crippen LogP contribution in [0.4, 0.5) is 10.5 Å². The first kappa shape index (κ1) is 15.9. The summed E-state index contributed by atoms with van der Waals surface area (Å²) < 4.78 is 5.31. The van der Waals surface area contributed by atoms with Crippen molar-refractivity contribution in [1.82, 2.24) is 4.98 Å². The van der Waals surface area contributed by atoms with Gasteiger partial charge >= 0.3 is 6.09 Å². The van der Waals surface area contributed by atoms with E-state index in [4.69, 9.17) is 39.5 Å². The number of hydrogen-bond acceptors (Lipinski definition) is 3. The maximum absolute atomic E-state index is 12.1. The highest BCUT2D eigenvalue weighted by molar-refractivity contribution is 6.39. The maximum atomic E-state index is 12.1. The van der Waals surface area contributed by atoms with Gasteiger partial charge in [-0.2, -0.15) is 0 Å². The Balaban J connectivity index is 1.91. The number of halogens is 3. The molecule has 23 heavy (non-hydrogen) atoms.